The first-order valence-corrected chi connectivity index (χ1v) is 10.8. The number of aryl methyl sites for hydroxylation is 1. The van der Waals surface area contributed by atoms with Crippen LogP contribution in [0.4, 0.5) is 0 Å². The Hall–Kier alpha value is -1.90. The number of sulfonamides is 1. The molecule has 0 atom stereocenters. The van der Waals surface area contributed by atoms with Gasteiger partial charge in [-0.1, -0.05) is 18.2 Å². The predicted molar refractivity (Wildman–Crippen MR) is 101 cm³/mol. The van der Waals surface area contributed by atoms with Crippen LogP contribution in [0, 0.1) is 0 Å². The number of amides is 1. The van der Waals surface area contributed by atoms with E-state index >= 15 is 0 Å². The van der Waals surface area contributed by atoms with Gasteiger partial charge >= 0.3 is 0 Å². The van der Waals surface area contributed by atoms with Crippen LogP contribution in [0.5, 0.6) is 5.75 Å². The van der Waals surface area contributed by atoms with E-state index in [1.165, 1.54) is 15.6 Å². The van der Waals surface area contributed by atoms with E-state index in [4.69, 9.17) is 4.74 Å². The van der Waals surface area contributed by atoms with Gasteiger partial charge < -0.3 is 9.64 Å². The molecule has 2 heterocycles. The summed E-state index contributed by atoms with van der Waals surface area (Å²) < 4.78 is 32.0. The number of hydrogen-bond acceptors (Lipinski definition) is 5. The molecule has 1 amide bonds. The Bertz CT molecular complexity index is 842. The molecular formula is C18H22N2O4S2. The summed E-state index contributed by atoms with van der Waals surface area (Å²) in [5, 5.41) is 1.76. The molecule has 1 aromatic heterocycles. The minimum absolute atomic E-state index is 0.0565. The van der Waals surface area contributed by atoms with Gasteiger partial charge in [0.2, 0.25) is 5.91 Å². The highest BCUT2D eigenvalue weighted by Gasteiger charge is 2.30. The monoisotopic (exact) mass is 394 g/mol. The molecule has 6 nitrogen and oxygen atoms in total. The zero-order valence-corrected chi connectivity index (χ0v) is 16.3. The Balaban J connectivity index is 1.52. The Labute approximate surface area is 158 Å². The maximum absolute atomic E-state index is 12.5. The molecule has 1 fully saturated rings. The number of ether oxygens (including phenoxy) is 1. The second kappa shape index (κ2) is 8.20. The van der Waals surface area contributed by atoms with Crippen molar-refractivity contribution in [2.45, 2.75) is 17.1 Å². The molecule has 0 N–H and O–H groups in total. The van der Waals surface area contributed by atoms with Crippen molar-refractivity contribution in [3.8, 4) is 5.75 Å². The summed E-state index contributed by atoms with van der Waals surface area (Å²) in [6.07, 6.45) is 1.05. The Kier molecular flexibility index (Phi) is 5.95. The quantitative estimate of drug-likeness (QED) is 0.754. The van der Waals surface area contributed by atoms with Crippen LogP contribution in [0.2, 0.25) is 0 Å². The third-order valence-electron chi connectivity index (χ3n) is 4.44. The summed E-state index contributed by atoms with van der Waals surface area (Å²) in [5.41, 5.74) is 1.05. The number of benzene rings is 1. The molecule has 1 aliphatic heterocycles. The Morgan fingerprint density at radius 3 is 2.58 bits per heavy atom. The topological polar surface area (TPSA) is 66.9 Å². The van der Waals surface area contributed by atoms with Crippen LogP contribution in [-0.2, 0) is 21.2 Å². The average molecular weight is 395 g/mol. The van der Waals surface area contributed by atoms with Crippen molar-refractivity contribution in [2.24, 2.45) is 0 Å². The average Bonchev–Trinajstić information content (AvgIpc) is 3.22. The summed E-state index contributed by atoms with van der Waals surface area (Å²) >= 11 is 1.22. The molecule has 0 bridgehead atoms. The molecule has 0 spiro atoms. The lowest BCUT2D eigenvalue weighted by Crippen LogP contribution is -2.50. The lowest BCUT2D eigenvalue weighted by Gasteiger charge is -2.33. The molecule has 0 unspecified atom stereocenters. The first kappa shape index (κ1) is 18.9. The van der Waals surface area contributed by atoms with Crippen LogP contribution < -0.4 is 4.74 Å². The number of nitrogens with zero attached hydrogens (tertiary/aromatic N) is 2. The molecule has 0 aliphatic carbocycles. The maximum atomic E-state index is 12.5. The van der Waals surface area contributed by atoms with Gasteiger partial charge in [0, 0.05) is 32.6 Å². The Morgan fingerprint density at radius 2 is 1.92 bits per heavy atom. The van der Waals surface area contributed by atoms with E-state index in [9.17, 15) is 13.2 Å². The van der Waals surface area contributed by atoms with E-state index in [2.05, 4.69) is 0 Å². The minimum atomic E-state index is -3.43. The summed E-state index contributed by atoms with van der Waals surface area (Å²) in [4.78, 5) is 14.2. The first-order chi connectivity index (χ1) is 12.5. The van der Waals surface area contributed by atoms with Crippen LogP contribution in [-0.4, -0.2) is 56.8 Å². The number of rotatable bonds is 6. The maximum Gasteiger partial charge on any atom is 0.252 e. The third-order valence-corrected chi connectivity index (χ3v) is 7.71. The lowest BCUT2D eigenvalue weighted by molar-refractivity contribution is -0.132. The standard InChI is InChI=1S/C18H22N2O4S2/c1-24-16-5-2-4-15(14-16)7-8-17(21)19-9-11-20(12-10-19)26(22,23)18-6-3-13-25-18/h2-6,13-14H,7-12H2,1H3. The van der Waals surface area contributed by atoms with Gasteiger partial charge in [0.25, 0.3) is 10.0 Å². The van der Waals surface area contributed by atoms with E-state index in [1.54, 1.807) is 29.5 Å². The second-order valence-electron chi connectivity index (χ2n) is 6.07. The molecule has 0 saturated carbocycles. The van der Waals surface area contributed by atoms with Gasteiger partial charge in [-0.05, 0) is 35.6 Å². The van der Waals surface area contributed by atoms with Crippen LogP contribution in [0.1, 0.15) is 12.0 Å². The van der Waals surface area contributed by atoms with Crippen LogP contribution in [0.25, 0.3) is 0 Å². The zero-order valence-electron chi connectivity index (χ0n) is 14.6. The normalized spacial score (nSPS) is 15.8. The number of methoxy groups -OCH3 is 1. The van der Waals surface area contributed by atoms with Crippen molar-refractivity contribution < 1.29 is 17.9 Å². The summed E-state index contributed by atoms with van der Waals surface area (Å²) in [6, 6.07) is 11.0. The van der Waals surface area contributed by atoms with E-state index in [1.807, 2.05) is 24.3 Å². The van der Waals surface area contributed by atoms with Gasteiger partial charge in [0.05, 0.1) is 7.11 Å². The van der Waals surface area contributed by atoms with E-state index in [0.717, 1.165) is 11.3 Å². The van der Waals surface area contributed by atoms with Gasteiger partial charge in [0.15, 0.2) is 0 Å². The van der Waals surface area contributed by atoms with E-state index in [0.29, 0.717) is 43.2 Å². The van der Waals surface area contributed by atoms with Gasteiger partial charge in [-0.3, -0.25) is 4.79 Å². The highest BCUT2D eigenvalue weighted by Crippen LogP contribution is 2.22. The van der Waals surface area contributed by atoms with Crippen molar-refractivity contribution in [2.75, 3.05) is 33.3 Å². The molecular weight excluding hydrogens is 372 g/mol. The number of thiophene rings is 1. The van der Waals surface area contributed by atoms with Crippen LogP contribution >= 0.6 is 11.3 Å². The van der Waals surface area contributed by atoms with Crippen molar-refractivity contribution in [3.63, 3.8) is 0 Å². The fourth-order valence-electron chi connectivity index (χ4n) is 2.95. The van der Waals surface area contributed by atoms with E-state index < -0.39 is 10.0 Å². The van der Waals surface area contributed by atoms with Gasteiger partial charge in [-0.15, -0.1) is 11.3 Å². The highest BCUT2D eigenvalue weighted by molar-refractivity contribution is 7.91. The summed E-state index contributed by atoms with van der Waals surface area (Å²) in [7, 11) is -1.81. The summed E-state index contributed by atoms with van der Waals surface area (Å²) in [5.74, 6) is 0.836. The first-order valence-electron chi connectivity index (χ1n) is 8.45. The molecule has 1 saturated heterocycles. The number of carbonyl (C=O) groups excluding carboxylic acids is 1. The SMILES string of the molecule is COc1cccc(CCC(=O)N2CCN(S(=O)(=O)c3cccs3)CC2)c1. The van der Waals surface area contributed by atoms with Crippen LogP contribution in [0.3, 0.4) is 0 Å². The fourth-order valence-corrected chi connectivity index (χ4v) is 5.52. The van der Waals surface area contributed by atoms with Crippen molar-refractivity contribution >= 4 is 27.3 Å². The molecule has 0 radical (unpaired) electrons. The molecule has 1 aromatic carbocycles. The summed E-state index contributed by atoms with van der Waals surface area (Å²) in [6.45, 7) is 1.54. The largest absolute Gasteiger partial charge is 0.497 e. The van der Waals surface area contributed by atoms with Gasteiger partial charge in [0.1, 0.15) is 9.96 Å². The van der Waals surface area contributed by atoms with Crippen molar-refractivity contribution in [1.82, 2.24) is 9.21 Å². The van der Waals surface area contributed by atoms with E-state index in [-0.39, 0.29) is 5.91 Å². The van der Waals surface area contributed by atoms with Gasteiger partial charge in [-0.25, -0.2) is 8.42 Å². The smallest absolute Gasteiger partial charge is 0.252 e. The molecule has 26 heavy (non-hydrogen) atoms. The predicted octanol–water partition coefficient (Wildman–Crippen LogP) is 2.22. The number of hydrogen-bond donors (Lipinski definition) is 0. The van der Waals surface area contributed by atoms with Crippen LogP contribution in [0.15, 0.2) is 46.0 Å². The molecule has 8 heteroatoms. The molecule has 2 aromatic rings. The second-order valence-corrected chi connectivity index (χ2v) is 9.18. The third kappa shape index (κ3) is 4.25. The van der Waals surface area contributed by atoms with Crippen molar-refractivity contribution in [3.05, 3.63) is 47.3 Å². The lowest BCUT2D eigenvalue weighted by atomic mass is 10.1. The number of carbonyl (C=O) groups is 1. The molecule has 3 rings (SSSR count). The van der Waals surface area contributed by atoms with Gasteiger partial charge in [-0.2, -0.15) is 4.31 Å². The fraction of sp³-hybridized carbons (Fsp3) is 0.389. The highest BCUT2D eigenvalue weighted by atomic mass is 32.2. The molecule has 140 valence electrons. The van der Waals surface area contributed by atoms with Crippen molar-refractivity contribution in [1.29, 1.82) is 0 Å². The Morgan fingerprint density at radius 1 is 1.15 bits per heavy atom. The number of piperazine rings is 1. The zero-order chi connectivity index (χ0) is 18.6. The molecule has 1 aliphatic rings. The minimum Gasteiger partial charge on any atom is -0.497 e.